The molecule has 3 nitrogen and oxygen atoms in total. The predicted octanol–water partition coefficient (Wildman–Crippen LogP) is 2.52. The highest BCUT2D eigenvalue weighted by atomic mass is 15.3. The van der Waals surface area contributed by atoms with E-state index in [2.05, 4.69) is 44.9 Å². The van der Waals surface area contributed by atoms with Gasteiger partial charge in [-0.15, -0.1) is 0 Å². The quantitative estimate of drug-likeness (QED) is 0.574. The SMILES string of the molecule is CCC(CC)(C(NN)C(C)(C)C)N1CCCC1. The molecule has 1 fully saturated rings. The van der Waals surface area contributed by atoms with Crippen molar-refractivity contribution in [3.05, 3.63) is 0 Å². The van der Waals surface area contributed by atoms with Gasteiger partial charge in [0.2, 0.25) is 0 Å². The van der Waals surface area contributed by atoms with Crippen LogP contribution in [0.4, 0.5) is 0 Å². The molecule has 0 spiro atoms. The molecule has 1 aliphatic heterocycles. The lowest BCUT2D eigenvalue weighted by Gasteiger charge is -2.51. The fourth-order valence-corrected chi connectivity index (χ4v) is 3.66. The van der Waals surface area contributed by atoms with E-state index in [0.717, 1.165) is 12.8 Å². The molecule has 1 rings (SSSR count). The zero-order valence-electron chi connectivity index (χ0n) is 12.3. The number of nitrogens with two attached hydrogens (primary N) is 1. The van der Waals surface area contributed by atoms with Crippen LogP contribution < -0.4 is 11.3 Å². The van der Waals surface area contributed by atoms with Gasteiger partial charge in [0.25, 0.3) is 0 Å². The zero-order valence-corrected chi connectivity index (χ0v) is 12.3. The van der Waals surface area contributed by atoms with Gasteiger partial charge in [0, 0.05) is 11.6 Å². The summed E-state index contributed by atoms with van der Waals surface area (Å²) in [6, 6.07) is 0.336. The van der Waals surface area contributed by atoms with Gasteiger partial charge in [0.1, 0.15) is 0 Å². The Balaban J connectivity index is 3.03. The molecule has 3 heteroatoms. The van der Waals surface area contributed by atoms with Crippen LogP contribution in [0.2, 0.25) is 0 Å². The Labute approximate surface area is 107 Å². The molecule has 3 N–H and O–H groups in total. The van der Waals surface area contributed by atoms with E-state index in [0.29, 0.717) is 6.04 Å². The van der Waals surface area contributed by atoms with Crippen molar-refractivity contribution in [3.8, 4) is 0 Å². The number of hydrogen-bond donors (Lipinski definition) is 2. The smallest absolute Gasteiger partial charge is 0.0442 e. The van der Waals surface area contributed by atoms with Crippen LogP contribution in [-0.4, -0.2) is 29.6 Å². The summed E-state index contributed by atoms with van der Waals surface area (Å²) >= 11 is 0. The van der Waals surface area contributed by atoms with E-state index in [1.807, 2.05) is 0 Å². The Hall–Kier alpha value is -0.120. The van der Waals surface area contributed by atoms with Gasteiger partial charge < -0.3 is 0 Å². The molecule has 0 saturated carbocycles. The van der Waals surface area contributed by atoms with Crippen LogP contribution in [0.3, 0.4) is 0 Å². The van der Waals surface area contributed by atoms with Crippen molar-refractivity contribution in [2.45, 2.75) is 71.9 Å². The number of likely N-dealkylation sites (tertiary alicyclic amines) is 1. The first-order valence-corrected chi connectivity index (χ1v) is 7.13. The molecule has 1 heterocycles. The van der Waals surface area contributed by atoms with E-state index in [9.17, 15) is 0 Å². The first kappa shape index (κ1) is 14.9. The predicted molar refractivity (Wildman–Crippen MR) is 74.7 cm³/mol. The number of hydrazine groups is 1. The average Bonchev–Trinajstić information content (AvgIpc) is 2.77. The lowest BCUT2D eigenvalue weighted by atomic mass is 9.71. The van der Waals surface area contributed by atoms with Crippen LogP contribution in [0.15, 0.2) is 0 Å². The molecule has 0 amide bonds. The molecule has 0 aromatic heterocycles. The fraction of sp³-hybridized carbons (Fsp3) is 1.00. The molecule has 1 atom stereocenters. The minimum Gasteiger partial charge on any atom is -0.296 e. The summed E-state index contributed by atoms with van der Waals surface area (Å²) in [6.45, 7) is 13.9. The van der Waals surface area contributed by atoms with Crippen molar-refractivity contribution in [1.29, 1.82) is 0 Å². The molecule has 17 heavy (non-hydrogen) atoms. The van der Waals surface area contributed by atoms with Crippen molar-refractivity contribution in [1.82, 2.24) is 10.3 Å². The van der Waals surface area contributed by atoms with Crippen LogP contribution in [0.1, 0.15) is 60.3 Å². The first-order chi connectivity index (χ1) is 7.92. The molecule has 1 aliphatic rings. The largest absolute Gasteiger partial charge is 0.296 e. The van der Waals surface area contributed by atoms with Crippen LogP contribution in [0, 0.1) is 5.41 Å². The summed E-state index contributed by atoms with van der Waals surface area (Å²) in [5.41, 5.74) is 3.52. The van der Waals surface area contributed by atoms with Crippen molar-refractivity contribution in [3.63, 3.8) is 0 Å². The molecule has 1 unspecified atom stereocenters. The van der Waals surface area contributed by atoms with E-state index in [1.165, 1.54) is 25.9 Å². The summed E-state index contributed by atoms with van der Waals surface area (Å²) < 4.78 is 0. The van der Waals surface area contributed by atoms with E-state index in [1.54, 1.807) is 0 Å². The lowest BCUT2D eigenvalue weighted by molar-refractivity contribution is 0.0166. The van der Waals surface area contributed by atoms with Crippen molar-refractivity contribution in [2.75, 3.05) is 13.1 Å². The van der Waals surface area contributed by atoms with Crippen LogP contribution in [-0.2, 0) is 0 Å². The number of rotatable bonds is 5. The zero-order chi connectivity index (χ0) is 13.1. The van der Waals surface area contributed by atoms with Crippen molar-refractivity contribution < 1.29 is 0 Å². The Morgan fingerprint density at radius 3 is 1.88 bits per heavy atom. The molecule has 0 aromatic carbocycles. The maximum Gasteiger partial charge on any atom is 0.0442 e. The second-order valence-electron chi connectivity index (χ2n) is 6.47. The third-order valence-electron chi connectivity index (χ3n) is 4.53. The first-order valence-electron chi connectivity index (χ1n) is 7.13. The molecule has 1 saturated heterocycles. The third-order valence-corrected chi connectivity index (χ3v) is 4.53. The molecular weight excluding hydrogens is 210 g/mol. The standard InChI is InChI=1S/C14H31N3/c1-6-14(7-2,17-10-8-9-11-17)12(16-15)13(3,4)5/h12,16H,6-11,15H2,1-5H3. The van der Waals surface area contributed by atoms with Gasteiger partial charge in [-0.05, 0) is 44.2 Å². The minimum absolute atomic E-state index is 0.184. The van der Waals surface area contributed by atoms with E-state index < -0.39 is 0 Å². The monoisotopic (exact) mass is 241 g/mol. The Kier molecular flexibility index (Phi) is 4.99. The summed E-state index contributed by atoms with van der Waals surface area (Å²) in [7, 11) is 0. The summed E-state index contributed by atoms with van der Waals surface area (Å²) in [4.78, 5) is 2.67. The molecule has 0 radical (unpaired) electrons. The van der Waals surface area contributed by atoms with Gasteiger partial charge >= 0.3 is 0 Å². The number of hydrogen-bond acceptors (Lipinski definition) is 3. The van der Waals surface area contributed by atoms with Gasteiger partial charge in [-0.3, -0.25) is 16.2 Å². The summed E-state index contributed by atoms with van der Waals surface area (Å²) in [5, 5.41) is 0. The third kappa shape index (κ3) is 2.83. The van der Waals surface area contributed by atoms with Gasteiger partial charge in [-0.25, -0.2) is 0 Å². The number of nitrogens with zero attached hydrogens (tertiary/aromatic N) is 1. The average molecular weight is 241 g/mol. The molecular formula is C14H31N3. The topological polar surface area (TPSA) is 41.3 Å². The van der Waals surface area contributed by atoms with Gasteiger partial charge in [-0.2, -0.15) is 0 Å². The van der Waals surface area contributed by atoms with E-state index in [4.69, 9.17) is 5.84 Å². The maximum absolute atomic E-state index is 5.89. The highest BCUT2D eigenvalue weighted by Crippen LogP contribution is 2.38. The van der Waals surface area contributed by atoms with Gasteiger partial charge in [-0.1, -0.05) is 34.6 Å². The van der Waals surface area contributed by atoms with Gasteiger partial charge in [0.15, 0.2) is 0 Å². The normalized spacial score (nSPS) is 20.8. The molecule has 0 aromatic rings. The van der Waals surface area contributed by atoms with Crippen LogP contribution in [0.5, 0.6) is 0 Å². The Morgan fingerprint density at radius 1 is 1.12 bits per heavy atom. The van der Waals surface area contributed by atoms with Crippen LogP contribution >= 0.6 is 0 Å². The van der Waals surface area contributed by atoms with Crippen molar-refractivity contribution in [2.24, 2.45) is 11.3 Å². The van der Waals surface area contributed by atoms with Crippen molar-refractivity contribution >= 4 is 0 Å². The second kappa shape index (κ2) is 5.68. The van der Waals surface area contributed by atoms with Crippen LogP contribution in [0.25, 0.3) is 0 Å². The molecule has 0 bridgehead atoms. The molecule has 0 aliphatic carbocycles. The fourth-order valence-electron chi connectivity index (χ4n) is 3.66. The second-order valence-corrected chi connectivity index (χ2v) is 6.47. The van der Waals surface area contributed by atoms with Gasteiger partial charge in [0.05, 0.1) is 0 Å². The Morgan fingerprint density at radius 2 is 1.59 bits per heavy atom. The van der Waals surface area contributed by atoms with E-state index >= 15 is 0 Å². The maximum atomic E-state index is 5.89. The number of nitrogens with one attached hydrogen (secondary N) is 1. The molecule has 102 valence electrons. The summed E-state index contributed by atoms with van der Waals surface area (Å²) in [5.74, 6) is 5.89. The minimum atomic E-state index is 0.184. The van der Waals surface area contributed by atoms with E-state index in [-0.39, 0.29) is 11.0 Å². The Bertz CT molecular complexity index is 222. The summed E-state index contributed by atoms with van der Waals surface area (Å²) in [6.07, 6.45) is 5.00. The highest BCUT2D eigenvalue weighted by molar-refractivity contribution is 5.04. The lowest BCUT2D eigenvalue weighted by Crippen LogP contribution is -2.66. The highest BCUT2D eigenvalue weighted by Gasteiger charge is 2.46.